The molecule has 11 heavy (non-hydrogen) atoms. The maximum absolute atomic E-state index is 9.48. The van der Waals surface area contributed by atoms with Gasteiger partial charge in [-0.2, -0.15) is 0 Å². The predicted octanol–water partition coefficient (Wildman–Crippen LogP) is -0.172. The van der Waals surface area contributed by atoms with Crippen LogP contribution in [0.25, 0.3) is 0 Å². The molecule has 2 rings (SSSR count). The fourth-order valence-electron chi connectivity index (χ4n) is 2.33. The van der Waals surface area contributed by atoms with Crippen molar-refractivity contribution in [2.45, 2.75) is 44.1 Å². The SMILES string of the molecule is OC1NC2CCCCC2C1O. The van der Waals surface area contributed by atoms with Crippen LogP contribution in [-0.4, -0.2) is 28.6 Å². The summed E-state index contributed by atoms with van der Waals surface area (Å²) in [5.74, 6) is 0.304. The van der Waals surface area contributed by atoms with Gasteiger partial charge in [-0.15, -0.1) is 0 Å². The smallest absolute Gasteiger partial charge is 0.131 e. The zero-order valence-electron chi connectivity index (χ0n) is 6.53. The second-order valence-electron chi connectivity index (χ2n) is 3.66. The van der Waals surface area contributed by atoms with Crippen LogP contribution in [0.3, 0.4) is 0 Å². The number of aliphatic hydroxyl groups is 2. The molecule has 1 saturated heterocycles. The monoisotopic (exact) mass is 157 g/mol. The van der Waals surface area contributed by atoms with Gasteiger partial charge in [0.05, 0.1) is 6.10 Å². The summed E-state index contributed by atoms with van der Waals surface area (Å²) in [6.45, 7) is 0. The average Bonchev–Trinajstić information content (AvgIpc) is 2.30. The van der Waals surface area contributed by atoms with Gasteiger partial charge in [0.15, 0.2) is 0 Å². The molecule has 0 amide bonds. The van der Waals surface area contributed by atoms with Crippen molar-refractivity contribution in [1.82, 2.24) is 5.32 Å². The first-order chi connectivity index (χ1) is 5.29. The Morgan fingerprint density at radius 2 is 1.82 bits per heavy atom. The first-order valence-corrected chi connectivity index (χ1v) is 4.41. The molecular formula is C8H15NO2. The highest BCUT2D eigenvalue weighted by atomic mass is 16.3. The molecule has 0 aromatic rings. The van der Waals surface area contributed by atoms with Gasteiger partial charge in [0.1, 0.15) is 6.23 Å². The lowest BCUT2D eigenvalue weighted by molar-refractivity contribution is 0.00906. The summed E-state index contributed by atoms with van der Waals surface area (Å²) < 4.78 is 0. The first kappa shape index (κ1) is 7.53. The molecule has 3 N–H and O–H groups in total. The van der Waals surface area contributed by atoms with Gasteiger partial charge in [-0.3, -0.25) is 5.32 Å². The van der Waals surface area contributed by atoms with Crippen molar-refractivity contribution in [1.29, 1.82) is 0 Å². The summed E-state index contributed by atoms with van der Waals surface area (Å²) in [5, 5.41) is 21.8. The van der Waals surface area contributed by atoms with Crippen LogP contribution in [0.2, 0.25) is 0 Å². The number of rotatable bonds is 0. The third kappa shape index (κ3) is 1.17. The molecule has 0 radical (unpaired) electrons. The number of nitrogens with one attached hydrogen (secondary N) is 1. The van der Waals surface area contributed by atoms with Gasteiger partial charge in [-0.1, -0.05) is 12.8 Å². The van der Waals surface area contributed by atoms with E-state index >= 15 is 0 Å². The Labute approximate surface area is 66.4 Å². The van der Waals surface area contributed by atoms with E-state index in [0.717, 1.165) is 12.8 Å². The Hall–Kier alpha value is -0.120. The molecule has 1 saturated carbocycles. The molecule has 3 heteroatoms. The Balaban J connectivity index is 2.05. The molecule has 0 aromatic heterocycles. The molecule has 64 valence electrons. The highest BCUT2D eigenvalue weighted by Crippen LogP contribution is 2.32. The Bertz CT molecular complexity index is 151. The van der Waals surface area contributed by atoms with Crippen molar-refractivity contribution in [3.05, 3.63) is 0 Å². The number of hydrogen-bond donors (Lipinski definition) is 3. The van der Waals surface area contributed by atoms with Crippen molar-refractivity contribution in [2.75, 3.05) is 0 Å². The zero-order chi connectivity index (χ0) is 7.84. The van der Waals surface area contributed by atoms with Gasteiger partial charge in [0.25, 0.3) is 0 Å². The lowest BCUT2D eigenvalue weighted by Crippen LogP contribution is -2.33. The topological polar surface area (TPSA) is 52.5 Å². The van der Waals surface area contributed by atoms with Crippen LogP contribution in [0.1, 0.15) is 25.7 Å². The van der Waals surface area contributed by atoms with Crippen molar-refractivity contribution >= 4 is 0 Å². The fourth-order valence-corrected chi connectivity index (χ4v) is 2.33. The van der Waals surface area contributed by atoms with Crippen LogP contribution in [-0.2, 0) is 0 Å². The normalized spacial score (nSPS) is 50.7. The molecular weight excluding hydrogens is 142 g/mol. The van der Waals surface area contributed by atoms with Crippen LogP contribution in [0, 0.1) is 5.92 Å². The summed E-state index contributed by atoms with van der Waals surface area (Å²) in [7, 11) is 0. The lowest BCUT2D eigenvalue weighted by atomic mass is 9.84. The molecule has 1 aliphatic heterocycles. The molecule has 0 spiro atoms. The minimum atomic E-state index is -0.678. The predicted molar refractivity (Wildman–Crippen MR) is 40.9 cm³/mol. The van der Waals surface area contributed by atoms with E-state index in [9.17, 15) is 10.2 Å². The summed E-state index contributed by atoms with van der Waals surface area (Å²) >= 11 is 0. The van der Waals surface area contributed by atoms with E-state index in [1.807, 2.05) is 0 Å². The summed E-state index contributed by atoms with van der Waals surface area (Å²) in [6, 6.07) is 0.369. The molecule has 2 fully saturated rings. The molecule has 3 nitrogen and oxygen atoms in total. The van der Waals surface area contributed by atoms with E-state index in [1.165, 1.54) is 12.8 Å². The summed E-state index contributed by atoms with van der Waals surface area (Å²) in [5.41, 5.74) is 0. The van der Waals surface area contributed by atoms with E-state index < -0.39 is 12.3 Å². The van der Waals surface area contributed by atoms with Gasteiger partial charge in [0, 0.05) is 12.0 Å². The van der Waals surface area contributed by atoms with E-state index in [0.29, 0.717) is 12.0 Å². The standard InChI is InChI=1S/C8H15NO2/c10-7-5-3-1-2-4-6(5)9-8(7)11/h5-11H,1-4H2. The lowest BCUT2D eigenvalue weighted by Gasteiger charge is -2.25. The Kier molecular flexibility index (Phi) is 1.87. The molecule has 4 atom stereocenters. The van der Waals surface area contributed by atoms with Crippen LogP contribution in [0.15, 0.2) is 0 Å². The fraction of sp³-hybridized carbons (Fsp3) is 1.00. The highest BCUT2D eigenvalue weighted by Gasteiger charge is 2.41. The van der Waals surface area contributed by atoms with Gasteiger partial charge >= 0.3 is 0 Å². The summed E-state index contributed by atoms with van der Waals surface area (Å²) in [6.07, 6.45) is 3.40. The number of aliphatic hydroxyl groups excluding tert-OH is 2. The maximum Gasteiger partial charge on any atom is 0.131 e. The van der Waals surface area contributed by atoms with Crippen molar-refractivity contribution in [2.24, 2.45) is 5.92 Å². The van der Waals surface area contributed by atoms with Crippen LogP contribution >= 0.6 is 0 Å². The Morgan fingerprint density at radius 1 is 1.09 bits per heavy atom. The number of hydrogen-bond acceptors (Lipinski definition) is 3. The minimum absolute atomic E-state index is 0.304. The summed E-state index contributed by atoms with van der Waals surface area (Å²) in [4.78, 5) is 0. The van der Waals surface area contributed by atoms with Gasteiger partial charge in [0.2, 0.25) is 0 Å². The molecule has 4 unspecified atom stereocenters. The van der Waals surface area contributed by atoms with E-state index in [4.69, 9.17) is 0 Å². The van der Waals surface area contributed by atoms with E-state index in [2.05, 4.69) is 5.32 Å². The second kappa shape index (κ2) is 2.73. The third-order valence-corrected chi connectivity index (χ3v) is 2.97. The molecule has 0 bridgehead atoms. The number of fused-ring (bicyclic) bond motifs is 1. The molecule has 1 aliphatic carbocycles. The Morgan fingerprint density at radius 3 is 2.55 bits per heavy atom. The van der Waals surface area contributed by atoms with Crippen LogP contribution in [0.5, 0.6) is 0 Å². The molecule has 2 aliphatic rings. The highest BCUT2D eigenvalue weighted by molar-refractivity contribution is 4.94. The first-order valence-electron chi connectivity index (χ1n) is 4.41. The van der Waals surface area contributed by atoms with E-state index in [1.54, 1.807) is 0 Å². The average molecular weight is 157 g/mol. The van der Waals surface area contributed by atoms with Gasteiger partial charge in [-0.05, 0) is 12.8 Å². The maximum atomic E-state index is 9.48. The van der Waals surface area contributed by atoms with Crippen molar-refractivity contribution < 1.29 is 10.2 Å². The molecule has 0 aromatic carbocycles. The minimum Gasteiger partial charge on any atom is -0.389 e. The van der Waals surface area contributed by atoms with Crippen LogP contribution in [0.4, 0.5) is 0 Å². The quantitative estimate of drug-likeness (QED) is 0.457. The van der Waals surface area contributed by atoms with E-state index in [-0.39, 0.29) is 0 Å². The van der Waals surface area contributed by atoms with Crippen LogP contribution < -0.4 is 5.32 Å². The second-order valence-corrected chi connectivity index (χ2v) is 3.66. The zero-order valence-corrected chi connectivity index (χ0v) is 6.53. The third-order valence-electron chi connectivity index (χ3n) is 2.97. The largest absolute Gasteiger partial charge is 0.389 e. The van der Waals surface area contributed by atoms with Crippen molar-refractivity contribution in [3.8, 4) is 0 Å². The van der Waals surface area contributed by atoms with Gasteiger partial charge < -0.3 is 10.2 Å². The van der Waals surface area contributed by atoms with Gasteiger partial charge in [-0.25, -0.2) is 0 Å². The van der Waals surface area contributed by atoms with Crippen molar-refractivity contribution in [3.63, 3.8) is 0 Å². The molecule has 1 heterocycles.